The second-order valence-corrected chi connectivity index (χ2v) is 8.50. The van der Waals surface area contributed by atoms with Crippen LogP contribution in [0.25, 0.3) is 11.1 Å². The molecule has 1 fully saturated rings. The molecule has 0 bridgehead atoms. The molecular formula is C25H31N5O3. The quantitative estimate of drug-likeness (QED) is 0.554. The maximum atomic E-state index is 11.2. The van der Waals surface area contributed by atoms with Crippen molar-refractivity contribution in [2.75, 3.05) is 6.61 Å². The third kappa shape index (κ3) is 5.22. The summed E-state index contributed by atoms with van der Waals surface area (Å²) >= 11 is 0. The summed E-state index contributed by atoms with van der Waals surface area (Å²) in [5.74, 6) is -0.271. The van der Waals surface area contributed by atoms with Gasteiger partial charge < -0.3 is 19.8 Å². The molecule has 0 aliphatic heterocycles. The fourth-order valence-corrected chi connectivity index (χ4v) is 4.50. The highest BCUT2D eigenvalue weighted by atomic mass is 16.5. The van der Waals surface area contributed by atoms with Crippen LogP contribution in [0.5, 0.6) is 5.88 Å². The van der Waals surface area contributed by atoms with Crippen LogP contribution in [0.3, 0.4) is 0 Å². The monoisotopic (exact) mass is 449 g/mol. The first kappa shape index (κ1) is 22.9. The first-order chi connectivity index (χ1) is 16.0. The van der Waals surface area contributed by atoms with E-state index in [1.165, 1.54) is 11.8 Å². The fourth-order valence-electron chi connectivity index (χ4n) is 4.50. The van der Waals surface area contributed by atoms with Gasteiger partial charge in [-0.05, 0) is 58.6 Å². The van der Waals surface area contributed by atoms with Crippen LogP contribution in [0.2, 0.25) is 0 Å². The average molecular weight is 450 g/mol. The lowest BCUT2D eigenvalue weighted by Crippen LogP contribution is -2.24. The van der Waals surface area contributed by atoms with Crippen molar-refractivity contribution < 1.29 is 14.3 Å². The summed E-state index contributed by atoms with van der Waals surface area (Å²) < 4.78 is 14.2. The summed E-state index contributed by atoms with van der Waals surface area (Å²) in [6, 6.07) is 7.68. The Kier molecular flexibility index (Phi) is 7.03. The number of aryl methyl sites for hydroxylation is 1. The molecule has 1 saturated carbocycles. The Morgan fingerprint density at radius 3 is 2.52 bits per heavy atom. The van der Waals surface area contributed by atoms with Crippen LogP contribution in [0.15, 0.2) is 36.7 Å². The minimum Gasteiger partial charge on any atom is -0.472 e. The van der Waals surface area contributed by atoms with E-state index in [1.54, 1.807) is 6.07 Å². The third-order valence-corrected chi connectivity index (χ3v) is 6.34. The minimum atomic E-state index is -0.616. The third-order valence-electron chi connectivity index (χ3n) is 6.34. The number of nitrogens with two attached hydrogens (primary N) is 1. The van der Waals surface area contributed by atoms with Gasteiger partial charge in [0.15, 0.2) is 5.69 Å². The maximum Gasteiger partial charge on any atom is 0.269 e. The van der Waals surface area contributed by atoms with Gasteiger partial charge in [-0.25, -0.2) is 0 Å². The molecule has 0 unspecified atom stereocenters. The van der Waals surface area contributed by atoms with Crippen LogP contribution >= 0.6 is 0 Å². The number of primary amides is 1. The molecule has 2 N–H and O–H groups in total. The Morgan fingerprint density at radius 2 is 1.91 bits per heavy atom. The Hall–Kier alpha value is -3.26. The molecule has 8 nitrogen and oxygen atoms in total. The normalized spacial score (nSPS) is 18.3. The number of hydrogen-bond acceptors (Lipinski definition) is 6. The smallest absolute Gasteiger partial charge is 0.269 e. The second kappa shape index (κ2) is 10.1. The second-order valence-electron chi connectivity index (χ2n) is 8.50. The van der Waals surface area contributed by atoms with Gasteiger partial charge in [-0.2, -0.15) is 0 Å². The SMILES string of the molecule is CCOC1CCC(n2cc(-c3ccc(C)nc3)c(COc3ccc(C(N)=O)nn3)c2C)CC1. The number of rotatable bonds is 8. The van der Waals surface area contributed by atoms with E-state index in [0.29, 0.717) is 24.6 Å². The predicted molar refractivity (Wildman–Crippen MR) is 125 cm³/mol. The highest BCUT2D eigenvalue weighted by Gasteiger charge is 2.26. The molecule has 3 heterocycles. The van der Waals surface area contributed by atoms with Crippen molar-refractivity contribution in [3.63, 3.8) is 0 Å². The van der Waals surface area contributed by atoms with Crippen molar-refractivity contribution >= 4 is 5.91 Å². The first-order valence-corrected chi connectivity index (χ1v) is 11.5. The van der Waals surface area contributed by atoms with Gasteiger partial charge >= 0.3 is 0 Å². The Labute approximate surface area is 194 Å². The summed E-state index contributed by atoms with van der Waals surface area (Å²) in [6.07, 6.45) is 8.83. The Morgan fingerprint density at radius 1 is 1.12 bits per heavy atom. The molecule has 3 aromatic rings. The molecule has 3 aromatic heterocycles. The fraction of sp³-hybridized carbons (Fsp3) is 0.440. The van der Waals surface area contributed by atoms with E-state index in [4.69, 9.17) is 15.2 Å². The van der Waals surface area contributed by atoms with Crippen LogP contribution in [-0.2, 0) is 11.3 Å². The van der Waals surface area contributed by atoms with E-state index in [9.17, 15) is 4.79 Å². The van der Waals surface area contributed by atoms with Crippen LogP contribution < -0.4 is 10.5 Å². The summed E-state index contributed by atoms with van der Waals surface area (Å²) in [6.45, 7) is 7.28. The minimum absolute atomic E-state index is 0.110. The molecule has 1 amide bonds. The molecule has 0 radical (unpaired) electrons. The summed E-state index contributed by atoms with van der Waals surface area (Å²) in [7, 11) is 0. The van der Waals surface area contributed by atoms with Crippen molar-refractivity contribution in [1.82, 2.24) is 19.7 Å². The molecular weight excluding hydrogens is 418 g/mol. The van der Waals surface area contributed by atoms with Crippen molar-refractivity contribution in [1.29, 1.82) is 0 Å². The van der Waals surface area contributed by atoms with Crippen LogP contribution in [0.1, 0.15) is 66.1 Å². The Bertz CT molecular complexity index is 1080. The number of nitrogens with zero attached hydrogens (tertiary/aromatic N) is 4. The van der Waals surface area contributed by atoms with Crippen molar-refractivity contribution in [2.45, 2.75) is 65.2 Å². The van der Waals surface area contributed by atoms with E-state index in [1.807, 2.05) is 19.2 Å². The van der Waals surface area contributed by atoms with Crippen LogP contribution in [0.4, 0.5) is 0 Å². The Balaban J connectivity index is 1.60. The van der Waals surface area contributed by atoms with Gasteiger partial charge in [0.05, 0.1) is 6.10 Å². The number of aromatic nitrogens is 4. The zero-order valence-corrected chi connectivity index (χ0v) is 19.5. The highest BCUT2D eigenvalue weighted by Crippen LogP contribution is 2.36. The lowest BCUT2D eigenvalue weighted by Gasteiger charge is -2.30. The number of carbonyl (C=O) groups is 1. The van der Waals surface area contributed by atoms with Crippen LogP contribution in [0, 0.1) is 13.8 Å². The van der Waals surface area contributed by atoms with E-state index < -0.39 is 5.91 Å². The topological polar surface area (TPSA) is 105 Å². The first-order valence-electron chi connectivity index (χ1n) is 11.5. The van der Waals surface area contributed by atoms with E-state index in [-0.39, 0.29) is 5.69 Å². The van der Waals surface area contributed by atoms with Gasteiger partial charge in [-0.15, -0.1) is 10.2 Å². The van der Waals surface area contributed by atoms with Gasteiger partial charge in [0.25, 0.3) is 5.91 Å². The van der Waals surface area contributed by atoms with Gasteiger partial charge in [0.2, 0.25) is 5.88 Å². The van der Waals surface area contributed by atoms with Gasteiger partial charge in [-0.3, -0.25) is 9.78 Å². The molecule has 4 rings (SSSR count). The summed E-state index contributed by atoms with van der Waals surface area (Å²) in [4.78, 5) is 15.7. The lowest BCUT2D eigenvalue weighted by molar-refractivity contribution is 0.0270. The molecule has 8 heteroatoms. The highest BCUT2D eigenvalue weighted by molar-refractivity contribution is 5.90. The molecule has 0 saturated heterocycles. The number of amides is 1. The number of hydrogen-bond donors (Lipinski definition) is 1. The summed E-state index contributed by atoms with van der Waals surface area (Å²) in [5.41, 5.74) is 10.8. The van der Waals surface area contributed by atoms with Crippen molar-refractivity contribution in [3.05, 3.63) is 59.3 Å². The zero-order chi connectivity index (χ0) is 23.4. The summed E-state index contributed by atoms with van der Waals surface area (Å²) in [5, 5.41) is 7.80. The lowest BCUT2D eigenvalue weighted by atomic mass is 9.92. The van der Waals surface area contributed by atoms with E-state index in [0.717, 1.165) is 54.7 Å². The molecule has 1 aliphatic carbocycles. The standard InChI is InChI=1S/C25H31N5O3/c1-4-32-20-9-7-19(8-10-20)30-14-21(18-6-5-16(2)27-13-18)22(17(30)3)15-33-24-12-11-23(25(26)31)28-29-24/h5-6,11-14,19-20H,4,7-10,15H2,1-3H3,(H2,26,31). The van der Waals surface area contributed by atoms with E-state index in [2.05, 4.69) is 45.9 Å². The van der Waals surface area contributed by atoms with Crippen LogP contribution in [-0.4, -0.2) is 38.4 Å². The average Bonchev–Trinajstić information content (AvgIpc) is 3.15. The van der Waals surface area contributed by atoms with Gasteiger partial charge in [0.1, 0.15) is 6.61 Å². The predicted octanol–water partition coefficient (Wildman–Crippen LogP) is 4.16. The van der Waals surface area contributed by atoms with Crippen molar-refractivity contribution in [2.24, 2.45) is 5.73 Å². The molecule has 0 spiro atoms. The molecule has 0 atom stereocenters. The van der Waals surface area contributed by atoms with Gasteiger partial charge in [0, 0.05) is 59.2 Å². The number of pyridine rings is 1. The largest absolute Gasteiger partial charge is 0.472 e. The molecule has 0 aromatic carbocycles. The molecule has 33 heavy (non-hydrogen) atoms. The van der Waals surface area contributed by atoms with Crippen molar-refractivity contribution in [3.8, 4) is 17.0 Å². The number of carbonyl (C=O) groups excluding carboxylic acids is 1. The van der Waals surface area contributed by atoms with Gasteiger partial charge in [-0.1, -0.05) is 6.07 Å². The maximum absolute atomic E-state index is 11.2. The zero-order valence-electron chi connectivity index (χ0n) is 19.5. The molecule has 1 aliphatic rings. The van der Waals surface area contributed by atoms with E-state index >= 15 is 0 Å². The number of ether oxygens (including phenoxy) is 2. The molecule has 174 valence electrons.